The second kappa shape index (κ2) is 11.7. The molecule has 2 rings (SSSR count). The van der Waals surface area contributed by atoms with Crippen LogP contribution in [0.2, 0.25) is 10.0 Å². The van der Waals surface area contributed by atoms with Gasteiger partial charge in [-0.1, -0.05) is 60.5 Å². The lowest BCUT2D eigenvalue weighted by molar-refractivity contribution is -0.139. The van der Waals surface area contributed by atoms with E-state index in [1.54, 1.807) is 6.92 Å². The molecule has 0 radical (unpaired) electrons. The quantitative estimate of drug-likeness (QED) is 0.518. The van der Waals surface area contributed by atoms with Crippen molar-refractivity contribution in [1.82, 2.24) is 10.2 Å². The predicted octanol–water partition coefficient (Wildman–Crippen LogP) is 4.09. The molecule has 0 saturated heterocycles. The van der Waals surface area contributed by atoms with Crippen LogP contribution in [0.5, 0.6) is 0 Å². The molecular weight excluding hydrogens is 485 g/mol. The lowest BCUT2D eigenvalue weighted by Gasteiger charge is -2.32. The van der Waals surface area contributed by atoms with Gasteiger partial charge in [0.05, 0.1) is 17.0 Å². The first-order valence-corrected chi connectivity index (χ1v) is 13.1. The van der Waals surface area contributed by atoms with Crippen LogP contribution in [-0.2, 0) is 26.2 Å². The van der Waals surface area contributed by atoms with Gasteiger partial charge in [-0.15, -0.1) is 0 Å². The van der Waals surface area contributed by atoms with Gasteiger partial charge in [0.2, 0.25) is 21.8 Å². The van der Waals surface area contributed by atoms with E-state index in [2.05, 4.69) is 5.32 Å². The van der Waals surface area contributed by atoms with Crippen molar-refractivity contribution >= 4 is 50.7 Å². The van der Waals surface area contributed by atoms with Gasteiger partial charge in [-0.2, -0.15) is 0 Å². The van der Waals surface area contributed by atoms with Crippen LogP contribution < -0.4 is 9.62 Å². The number of sulfonamides is 1. The third-order valence-electron chi connectivity index (χ3n) is 5.22. The molecule has 2 aromatic rings. The second-order valence-electron chi connectivity index (χ2n) is 7.87. The summed E-state index contributed by atoms with van der Waals surface area (Å²) in [5, 5.41) is 3.29. The summed E-state index contributed by atoms with van der Waals surface area (Å²) >= 11 is 12.3. The molecule has 0 aliphatic heterocycles. The Labute approximate surface area is 205 Å². The molecule has 10 heteroatoms. The first-order valence-electron chi connectivity index (χ1n) is 10.5. The molecule has 0 bridgehead atoms. The lowest BCUT2D eigenvalue weighted by Crippen LogP contribution is -2.52. The number of hydrogen-bond acceptors (Lipinski definition) is 4. The number of amides is 2. The SMILES string of the molecule is CCC(C)NC(=O)C(C)N(Cc1ccccc1)C(=O)CN(c1cc(Cl)ccc1Cl)S(C)(=O)=O. The zero-order valence-corrected chi connectivity index (χ0v) is 21.4. The van der Waals surface area contributed by atoms with E-state index >= 15 is 0 Å². The van der Waals surface area contributed by atoms with Gasteiger partial charge in [0.15, 0.2) is 0 Å². The molecule has 0 saturated carbocycles. The van der Waals surface area contributed by atoms with Crippen molar-refractivity contribution in [3.63, 3.8) is 0 Å². The van der Waals surface area contributed by atoms with Gasteiger partial charge < -0.3 is 10.2 Å². The highest BCUT2D eigenvalue weighted by molar-refractivity contribution is 7.92. The number of carbonyl (C=O) groups excluding carboxylic acids is 2. The molecule has 2 aromatic carbocycles. The van der Waals surface area contributed by atoms with Crippen molar-refractivity contribution in [1.29, 1.82) is 0 Å². The summed E-state index contributed by atoms with van der Waals surface area (Å²) in [6.45, 7) is 5.04. The number of hydrogen-bond donors (Lipinski definition) is 1. The van der Waals surface area contributed by atoms with E-state index in [4.69, 9.17) is 23.2 Å². The fraction of sp³-hybridized carbons (Fsp3) is 0.391. The van der Waals surface area contributed by atoms with Crippen LogP contribution in [-0.4, -0.2) is 50.0 Å². The molecule has 2 atom stereocenters. The molecule has 0 aliphatic rings. The molecule has 2 amide bonds. The molecule has 7 nitrogen and oxygen atoms in total. The molecule has 0 fully saturated rings. The summed E-state index contributed by atoms with van der Waals surface area (Å²) in [6.07, 6.45) is 1.72. The molecule has 180 valence electrons. The number of carbonyl (C=O) groups is 2. The zero-order chi connectivity index (χ0) is 24.8. The smallest absolute Gasteiger partial charge is 0.244 e. The molecule has 0 aliphatic carbocycles. The molecule has 0 heterocycles. The number of nitrogens with zero attached hydrogens (tertiary/aromatic N) is 2. The van der Waals surface area contributed by atoms with E-state index in [1.165, 1.54) is 23.1 Å². The van der Waals surface area contributed by atoms with Gasteiger partial charge in [0, 0.05) is 17.6 Å². The minimum atomic E-state index is -3.89. The van der Waals surface area contributed by atoms with Crippen molar-refractivity contribution in [2.75, 3.05) is 17.1 Å². The molecule has 2 unspecified atom stereocenters. The van der Waals surface area contributed by atoms with Crippen LogP contribution in [0.1, 0.15) is 32.8 Å². The summed E-state index contributed by atoms with van der Waals surface area (Å²) in [6, 6.07) is 12.7. The molecular formula is C23H29Cl2N3O4S. The maximum absolute atomic E-state index is 13.4. The Morgan fingerprint density at radius 1 is 1.06 bits per heavy atom. The average molecular weight is 514 g/mol. The Kier molecular flexibility index (Phi) is 9.57. The summed E-state index contributed by atoms with van der Waals surface area (Å²) in [7, 11) is -3.89. The number of anilines is 1. The normalized spacial score (nSPS) is 13.2. The van der Waals surface area contributed by atoms with Crippen molar-refractivity contribution in [2.45, 2.75) is 45.8 Å². The van der Waals surface area contributed by atoms with Crippen molar-refractivity contribution < 1.29 is 18.0 Å². The monoisotopic (exact) mass is 513 g/mol. The van der Waals surface area contributed by atoms with Crippen LogP contribution in [0.3, 0.4) is 0 Å². The highest BCUT2D eigenvalue weighted by Crippen LogP contribution is 2.30. The van der Waals surface area contributed by atoms with Crippen molar-refractivity contribution in [3.05, 3.63) is 64.1 Å². The van der Waals surface area contributed by atoms with E-state index < -0.39 is 28.5 Å². The van der Waals surface area contributed by atoms with Crippen LogP contribution >= 0.6 is 23.2 Å². The summed E-state index contributed by atoms with van der Waals surface area (Å²) in [5.74, 6) is -0.868. The van der Waals surface area contributed by atoms with Crippen LogP contribution in [0, 0.1) is 0 Å². The lowest BCUT2D eigenvalue weighted by atomic mass is 10.1. The fourth-order valence-corrected chi connectivity index (χ4v) is 4.39. The largest absolute Gasteiger partial charge is 0.352 e. The highest BCUT2D eigenvalue weighted by Gasteiger charge is 2.31. The van der Waals surface area contributed by atoms with Gasteiger partial charge in [-0.25, -0.2) is 8.42 Å². The van der Waals surface area contributed by atoms with Gasteiger partial charge >= 0.3 is 0 Å². The van der Waals surface area contributed by atoms with Crippen molar-refractivity contribution in [3.8, 4) is 0 Å². The van der Waals surface area contributed by atoms with Crippen LogP contribution in [0.4, 0.5) is 5.69 Å². The average Bonchev–Trinajstić information content (AvgIpc) is 2.76. The maximum Gasteiger partial charge on any atom is 0.244 e. The van der Waals surface area contributed by atoms with E-state index in [0.717, 1.165) is 22.5 Å². The molecule has 0 spiro atoms. The van der Waals surface area contributed by atoms with E-state index in [1.807, 2.05) is 44.2 Å². The summed E-state index contributed by atoms with van der Waals surface area (Å²) in [5.41, 5.74) is 0.900. The summed E-state index contributed by atoms with van der Waals surface area (Å²) in [4.78, 5) is 27.6. The van der Waals surface area contributed by atoms with Gasteiger partial charge in [-0.05, 0) is 44.0 Å². The highest BCUT2D eigenvalue weighted by atomic mass is 35.5. The van der Waals surface area contributed by atoms with Crippen molar-refractivity contribution in [2.24, 2.45) is 0 Å². The third kappa shape index (κ3) is 7.62. The number of benzene rings is 2. The molecule has 33 heavy (non-hydrogen) atoms. The van der Waals surface area contributed by atoms with Gasteiger partial charge in [0.1, 0.15) is 12.6 Å². The predicted molar refractivity (Wildman–Crippen MR) is 133 cm³/mol. The first-order chi connectivity index (χ1) is 15.4. The third-order valence-corrected chi connectivity index (χ3v) is 6.90. The Morgan fingerprint density at radius 3 is 2.27 bits per heavy atom. The summed E-state index contributed by atoms with van der Waals surface area (Å²) < 4.78 is 26.1. The topological polar surface area (TPSA) is 86.8 Å². The zero-order valence-electron chi connectivity index (χ0n) is 19.1. The Hall–Kier alpha value is -2.29. The Bertz CT molecular complexity index is 1080. The van der Waals surface area contributed by atoms with E-state index in [0.29, 0.717) is 0 Å². The minimum Gasteiger partial charge on any atom is -0.352 e. The Morgan fingerprint density at radius 2 is 1.70 bits per heavy atom. The van der Waals surface area contributed by atoms with Gasteiger partial charge in [-0.3, -0.25) is 13.9 Å². The first kappa shape index (κ1) is 27.0. The number of rotatable bonds is 10. The standard InChI is InChI=1S/C23H29Cl2N3O4S/c1-5-16(2)26-23(30)17(3)27(14-18-9-7-6-8-10-18)22(29)15-28(33(4,31)32)21-13-19(24)11-12-20(21)25/h6-13,16-17H,5,14-15H2,1-4H3,(H,26,30). The molecule has 1 N–H and O–H groups in total. The number of nitrogens with one attached hydrogen (secondary N) is 1. The van der Waals surface area contributed by atoms with Gasteiger partial charge in [0.25, 0.3) is 0 Å². The fourth-order valence-electron chi connectivity index (χ4n) is 3.10. The minimum absolute atomic E-state index is 0.0635. The maximum atomic E-state index is 13.4. The van der Waals surface area contributed by atoms with E-state index in [9.17, 15) is 18.0 Å². The number of halogens is 2. The Balaban J connectivity index is 2.40. The van der Waals surface area contributed by atoms with E-state index in [-0.39, 0.29) is 34.2 Å². The van der Waals surface area contributed by atoms with Crippen LogP contribution in [0.25, 0.3) is 0 Å². The van der Waals surface area contributed by atoms with Crippen LogP contribution in [0.15, 0.2) is 48.5 Å². The molecule has 0 aromatic heterocycles. The second-order valence-corrected chi connectivity index (χ2v) is 10.6.